The zero-order valence-corrected chi connectivity index (χ0v) is 12.3. The fourth-order valence-electron chi connectivity index (χ4n) is 2.69. The van der Waals surface area contributed by atoms with E-state index in [1.165, 1.54) is 38.5 Å². The standard InChI is InChI=1S/C15H30N2O/c1-12(13-8-6-4-5-7-9-13)17-14(18)10-11-15(2,3)16/h12-13H,4-11,16H2,1-3H3,(H,17,18)/t12-/m0/s1. The second-order valence-electron chi connectivity index (χ2n) is 6.60. The van der Waals surface area contributed by atoms with E-state index >= 15 is 0 Å². The van der Waals surface area contributed by atoms with Crippen molar-refractivity contribution in [3.05, 3.63) is 0 Å². The van der Waals surface area contributed by atoms with Gasteiger partial charge in [0.15, 0.2) is 0 Å². The van der Waals surface area contributed by atoms with Crippen molar-refractivity contribution >= 4 is 5.91 Å². The van der Waals surface area contributed by atoms with Gasteiger partial charge in [-0.25, -0.2) is 0 Å². The minimum atomic E-state index is -0.247. The Morgan fingerprint density at radius 1 is 1.28 bits per heavy atom. The second kappa shape index (κ2) is 7.13. The van der Waals surface area contributed by atoms with Crippen molar-refractivity contribution in [3.63, 3.8) is 0 Å². The molecule has 1 fully saturated rings. The molecule has 106 valence electrons. The molecular weight excluding hydrogens is 224 g/mol. The largest absolute Gasteiger partial charge is 0.353 e. The fraction of sp³-hybridized carbons (Fsp3) is 0.933. The molecule has 18 heavy (non-hydrogen) atoms. The van der Waals surface area contributed by atoms with Crippen LogP contribution in [0, 0.1) is 5.92 Å². The van der Waals surface area contributed by atoms with E-state index in [9.17, 15) is 4.79 Å². The maximum Gasteiger partial charge on any atom is 0.220 e. The van der Waals surface area contributed by atoms with Crippen LogP contribution < -0.4 is 11.1 Å². The summed E-state index contributed by atoms with van der Waals surface area (Å²) in [7, 11) is 0. The molecule has 0 aromatic heterocycles. The van der Waals surface area contributed by atoms with Gasteiger partial charge in [0, 0.05) is 18.0 Å². The van der Waals surface area contributed by atoms with Gasteiger partial charge >= 0.3 is 0 Å². The van der Waals surface area contributed by atoms with Crippen molar-refractivity contribution in [3.8, 4) is 0 Å². The minimum Gasteiger partial charge on any atom is -0.353 e. The van der Waals surface area contributed by atoms with E-state index in [-0.39, 0.29) is 11.4 Å². The van der Waals surface area contributed by atoms with Crippen molar-refractivity contribution in [1.82, 2.24) is 5.32 Å². The summed E-state index contributed by atoms with van der Waals surface area (Å²) >= 11 is 0. The van der Waals surface area contributed by atoms with Gasteiger partial charge in [0.25, 0.3) is 0 Å². The molecule has 3 heteroatoms. The normalized spacial score (nSPS) is 20.2. The van der Waals surface area contributed by atoms with Crippen molar-refractivity contribution in [2.75, 3.05) is 0 Å². The van der Waals surface area contributed by atoms with Crippen LogP contribution in [0.5, 0.6) is 0 Å². The monoisotopic (exact) mass is 254 g/mol. The van der Waals surface area contributed by atoms with Gasteiger partial charge < -0.3 is 11.1 Å². The predicted molar refractivity (Wildman–Crippen MR) is 76.3 cm³/mol. The lowest BCUT2D eigenvalue weighted by Crippen LogP contribution is -2.40. The van der Waals surface area contributed by atoms with Crippen molar-refractivity contribution < 1.29 is 4.79 Å². The van der Waals surface area contributed by atoms with Crippen LogP contribution in [0.15, 0.2) is 0 Å². The predicted octanol–water partition coefficient (Wildman–Crippen LogP) is 2.98. The molecule has 1 rings (SSSR count). The van der Waals surface area contributed by atoms with E-state index in [0.717, 1.165) is 6.42 Å². The highest BCUT2D eigenvalue weighted by Crippen LogP contribution is 2.25. The third-order valence-corrected chi connectivity index (χ3v) is 3.99. The molecule has 1 saturated carbocycles. The van der Waals surface area contributed by atoms with Crippen LogP contribution >= 0.6 is 0 Å². The Balaban J connectivity index is 2.29. The van der Waals surface area contributed by atoms with E-state index in [1.54, 1.807) is 0 Å². The van der Waals surface area contributed by atoms with Crippen LogP contribution in [0.1, 0.15) is 72.1 Å². The summed E-state index contributed by atoms with van der Waals surface area (Å²) in [6, 6.07) is 0.316. The number of rotatable bonds is 5. The molecule has 0 spiro atoms. The summed E-state index contributed by atoms with van der Waals surface area (Å²) in [5.41, 5.74) is 5.65. The number of nitrogens with one attached hydrogen (secondary N) is 1. The molecule has 0 aromatic rings. The fourth-order valence-corrected chi connectivity index (χ4v) is 2.69. The number of hydrogen-bond acceptors (Lipinski definition) is 2. The summed E-state index contributed by atoms with van der Waals surface area (Å²) < 4.78 is 0. The Morgan fingerprint density at radius 3 is 2.33 bits per heavy atom. The zero-order chi connectivity index (χ0) is 13.6. The van der Waals surface area contributed by atoms with E-state index in [0.29, 0.717) is 18.4 Å². The molecule has 0 heterocycles. The van der Waals surface area contributed by atoms with Crippen LogP contribution in [0.3, 0.4) is 0 Å². The third kappa shape index (κ3) is 6.39. The van der Waals surface area contributed by atoms with Crippen LogP contribution in [0.25, 0.3) is 0 Å². The first-order chi connectivity index (χ1) is 8.38. The van der Waals surface area contributed by atoms with Crippen molar-refractivity contribution in [2.24, 2.45) is 11.7 Å². The highest BCUT2D eigenvalue weighted by atomic mass is 16.1. The first kappa shape index (κ1) is 15.5. The lowest BCUT2D eigenvalue weighted by atomic mass is 9.92. The second-order valence-corrected chi connectivity index (χ2v) is 6.60. The molecule has 1 atom stereocenters. The number of amides is 1. The smallest absolute Gasteiger partial charge is 0.220 e. The summed E-state index contributed by atoms with van der Waals surface area (Å²) in [4.78, 5) is 11.9. The molecular formula is C15H30N2O. The Labute approximate surface area is 112 Å². The molecule has 1 aliphatic carbocycles. The maximum atomic E-state index is 11.9. The molecule has 0 radical (unpaired) electrons. The summed E-state index contributed by atoms with van der Waals surface area (Å²) in [6.07, 6.45) is 9.18. The quantitative estimate of drug-likeness (QED) is 0.741. The Kier molecular flexibility index (Phi) is 6.13. The first-order valence-corrected chi connectivity index (χ1v) is 7.47. The molecule has 0 bridgehead atoms. The van der Waals surface area contributed by atoms with Gasteiger partial charge in [-0.05, 0) is 46.0 Å². The summed E-state index contributed by atoms with van der Waals surface area (Å²) in [5, 5.41) is 3.16. The maximum absolute atomic E-state index is 11.9. The zero-order valence-electron chi connectivity index (χ0n) is 12.3. The first-order valence-electron chi connectivity index (χ1n) is 7.47. The van der Waals surface area contributed by atoms with Crippen LogP contribution in [-0.2, 0) is 4.79 Å². The SMILES string of the molecule is C[C@H](NC(=O)CCC(C)(C)N)C1CCCCCC1. The Hall–Kier alpha value is -0.570. The van der Waals surface area contributed by atoms with Crippen molar-refractivity contribution in [2.45, 2.75) is 83.7 Å². The number of hydrogen-bond donors (Lipinski definition) is 2. The molecule has 1 aliphatic rings. The molecule has 1 amide bonds. The molecule has 3 nitrogen and oxygen atoms in total. The topological polar surface area (TPSA) is 55.1 Å². The lowest BCUT2D eigenvalue weighted by molar-refractivity contribution is -0.122. The van der Waals surface area contributed by atoms with E-state index in [4.69, 9.17) is 5.73 Å². The van der Waals surface area contributed by atoms with Gasteiger partial charge in [-0.3, -0.25) is 4.79 Å². The van der Waals surface area contributed by atoms with E-state index in [1.807, 2.05) is 13.8 Å². The molecule has 0 aromatic carbocycles. The van der Waals surface area contributed by atoms with Gasteiger partial charge in [0.2, 0.25) is 5.91 Å². The third-order valence-electron chi connectivity index (χ3n) is 3.99. The van der Waals surface area contributed by atoms with Gasteiger partial charge in [0.1, 0.15) is 0 Å². The summed E-state index contributed by atoms with van der Waals surface area (Å²) in [6.45, 7) is 6.09. The van der Waals surface area contributed by atoms with Gasteiger partial charge in [-0.1, -0.05) is 25.7 Å². The van der Waals surface area contributed by atoms with Crippen LogP contribution in [0.4, 0.5) is 0 Å². The average Bonchev–Trinajstić information content (AvgIpc) is 2.54. The number of nitrogens with two attached hydrogens (primary N) is 1. The van der Waals surface area contributed by atoms with Gasteiger partial charge in [-0.15, -0.1) is 0 Å². The van der Waals surface area contributed by atoms with Gasteiger partial charge in [0.05, 0.1) is 0 Å². The van der Waals surface area contributed by atoms with Crippen LogP contribution in [-0.4, -0.2) is 17.5 Å². The summed E-state index contributed by atoms with van der Waals surface area (Å²) in [5.74, 6) is 0.826. The number of carbonyl (C=O) groups excluding carboxylic acids is 1. The van der Waals surface area contributed by atoms with Gasteiger partial charge in [-0.2, -0.15) is 0 Å². The molecule has 0 unspecified atom stereocenters. The van der Waals surface area contributed by atoms with Crippen molar-refractivity contribution in [1.29, 1.82) is 0 Å². The molecule has 3 N–H and O–H groups in total. The highest BCUT2D eigenvalue weighted by Gasteiger charge is 2.21. The highest BCUT2D eigenvalue weighted by molar-refractivity contribution is 5.76. The van der Waals surface area contributed by atoms with E-state index < -0.39 is 0 Å². The van der Waals surface area contributed by atoms with Crippen LogP contribution in [0.2, 0.25) is 0 Å². The average molecular weight is 254 g/mol. The molecule has 0 saturated heterocycles. The van der Waals surface area contributed by atoms with E-state index in [2.05, 4.69) is 12.2 Å². The number of carbonyl (C=O) groups is 1. The Bertz CT molecular complexity index is 250. The Morgan fingerprint density at radius 2 is 1.83 bits per heavy atom. The minimum absolute atomic E-state index is 0.158. The lowest BCUT2D eigenvalue weighted by Gasteiger charge is -2.24. The molecule has 0 aliphatic heterocycles.